The number of hydrogen-bond donors (Lipinski definition) is 0. The van der Waals surface area contributed by atoms with Gasteiger partial charge in [0, 0.05) is 5.10 Å². The molecule has 0 unspecified atom stereocenters. The molecule has 0 spiro atoms. The van der Waals surface area contributed by atoms with Gasteiger partial charge in [-0.2, -0.15) is 0 Å². The maximum absolute atomic E-state index is 4.01. The highest BCUT2D eigenvalue weighted by Crippen LogP contribution is 1.72. The van der Waals surface area contributed by atoms with E-state index in [4.69, 9.17) is 0 Å². The molecule has 3 heteroatoms. The summed E-state index contributed by atoms with van der Waals surface area (Å²) >= 11 is 0. The summed E-state index contributed by atoms with van der Waals surface area (Å²) < 4.78 is 3.80. The lowest BCUT2D eigenvalue weighted by molar-refractivity contribution is -0.672. The van der Waals surface area contributed by atoms with Gasteiger partial charge in [0.15, 0.2) is 0 Å². The van der Waals surface area contributed by atoms with Crippen LogP contribution in [0.25, 0.3) is 0 Å². The summed E-state index contributed by atoms with van der Waals surface area (Å²) in [6.45, 7) is 3.01. The molecule has 1 aromatic rings. The van der Waals surface area contributed by atoms with Crippen LogP contribution >= 0.6 is 0 Å². The van der Waals surface area contributed by atoms with Crippen molar-refractivity contribution in [3.05, 3.63) is 12.7 Å². The lowest BCUT2D eigenvalue weighted by Crippen LogP contribution is -2.23. The van der Waals surface area contributed by atoms with Crippen LogP contribution in [0.5, 0.6) is 0 Å². The van der Waals surface area contributed by atoms with Crippen molar-refractivity contribution < 1.29 is 4.57 Å². The third-order valence-electron chi connectivity index (χ3n) is 1.02. The molecule has 0 saturated heterocycles. The molecular weight excluding hydrogens is 102 g/mol. The van der Waals surface area contributed by atoms with E-state index >= 15 is 0 Å². The first-order chi connectivity index (χ1) is 3.83. The minimum Gasteiger partial charge on any atom is -0.240 e. The largest absolute Gasteiger partial charge is 0.264 e. The molecule has 0 atom stereocenters. The minimum atomic E-state index is 0.945. The van der Waals surface area contributed by atoms with Crippen molar-refractivity contribution in [2.75, 3.05) is 0 Å². The van der Waals surface area contributed by atoms with E-state index in [1.165, 1.54) is 0 Å². The van der Waals surface area contributed by atoms with Gasteiger partial charge in [0.05, 0.1) is 7.05 Å². The molecule has 0 radical (unpaired) electrons. The first-order valence-electron chi connectivity index (χ1n) is 2.70. The summed E-state index contributed by atoms with van der Waals surface area (Å²) in [6, 6.07) is 0. The van der Waals surface area contributed by atoms with Crippen LogP contribution < -0.4 is 4.57 Å². The van der Waals surface area contributed by atoms with Crippen LogP contribution in [-0.4, -0.2) is 9.78 Å². The van der Waals surface area contributed by atoms with E-state index in [1.807, 2.05) is 22.6 Å². The molecule has 0 fully saturated rings. The van der Waals surface area contributed by atoms with Gasteiger partial charge in [0.1, 0.15) is 6.54 Å². The highest BCUT2D eigenvalue weighted by Gasteiger charge is 1.95. The Labute approximate surface area is 48.6 Å². The van der Waals surface area contributed by atoms with E-state index in [0.29, 0.717) is 0 Å². The Balaban J connectivity index is 2.84. The molecule has 0 amide bonds. The zero-order valence-corrected chi connectivity index (χ0v) is 5.20. The quantitative estimate of drug-likeness (QED) is 0.458. The van der Waals surface area contributed by atoms with Crippen LogP contribution in [0, 0.1) is 0 Å². The Morgan fingerprint density at radius 3 is 2.75 bits per heavy atom. The molecule has 0 bridgehead atoms. The Morgan fingerprint density at radius 1 is 1.75 bits per heavy atom. The molecular formula is C5H10N3+. The van der Waals surface area contributed by atoms with Gasteiger partial charge in [0.2, 0.25) is 6.33 Å². The Bertz CT molecular complexity index is 168. The van der Waals surface area contributed by atoms with Crippen molar-refractivity contribution in [1.82, 2.24) is 9.78 Å². The van der Waals surface area contributed by atoms with Gasteiger partial charge < -0.3 is 0 Å². The molecule has 1 heterocycles. The van der Waals surface area contributed by atoms with Crippen molar-refractivity contribution in [3.8, 4) is 0 Å². The second kappa shape index (κ2) is 1.94. The van der Waals surface area contributed by atoms with Gasteiger partial charge >= 0.3 is 0 Å². The molecule has 0 aliphatic rings. The lowest BCUT2D eigenvalue weighted by atomic mass is 10.8. The molecule has 3 nitrogen and oxygen atoms in total. The Hall–Kier alpha value is -0.860. The molecule has 0 N–H and O–H groups in total. The van der Waals surface area contributed by atoms with E-state index in [9.17, 15) is 0 Å². The third-order valence-corrected chi connectivity index (χ3v) is 1.02. The first kappa shape index (κ1) is 5.28. The molecule has 0 aliphatic carbocycles. The van der Waals surface area contributed by atoms with Crippen molar-refractivity contribution in [1.29, 1.82) is 0 Å². The van der Waals surface area contributed by atoms with Gasteiger partial charge in [-0.15, -0.1) is 4.68 Å². The van der Waals surface area contributed by atoms with Gasteiger partial charge in [-0.25, -0.2) is 4.57 Å². The number of nitrogens with zero attached hydrogens (tertiary/aromatic N) is 3. The molecule has 44 valence electrons. The Kier molecular flexibility index (Phi) is 1.28. The van der Waals surface area contributed by atoms with Gasteiger partial charge in [0.25, 0.3) is 6.33 Å². The number of aromatic nitrogens is 3. The maximum atomic E-state index is 4.01. The summed E-state index contributed by atoms with van der Waals surface area (Å²) in [5.41, 5.74) is 0. The fourth-order valence-electron chi connectivity index (χ4n) is 0.581. The summed E-state index contributed by atoms with van der Waals surface area (Å²) in [6.07, 6.45) is 3.73. The van der Waals surface area contributed by atoms with E-state index in [-0.39, 0.29) is 0 Å². The molecule has 0 aliphatic heterocycles. The predicted molar refractivity (Wildman–Crippen MR) is 29.1 cm³/mol. The van der Waals surface area contributed by atoms with Crippen molar-refractivity contribution in [2.45, 2.75) is 13.5 Å². The topological polar surface area (TPSA) is 21.7 Å². The molecule has 8 heavy (non-hydrogen) atoms. The molecule has 0 saturated carbocycles. The van der Waals surface area contributed by atoms with E-state index in [2.05, 4.69) is 12.0 Å². The minimum absolute atomic E-state index is 0.945. The van der Waals surface area contributed by atoms with E-state index in [1.54, 1.807) is 6.33 Å². The highest BCUT2D eigenvalue weighted by molar-refractivity contribution is 4.40. The summed E-state index contributed by atoms with van der Waals surface area (Å²) in [5.74, 6) is 0. The maximum Gasteiger partial charge on any atom is 0.264 e. The van der Waals surface area contributed by atoms with Crippen molar-refractivity contribution >= 4 is 0 Å². The second-order valence-corrected chi connectivity index (χ2v) is 1.77. The average Bonchev–Trinajstić information content (AvgIpc) is 2.14. The van der Waals surface area contributed by atoms with Crippen molar-refractivity contribution in [3.63, 3.8) is 0 Å². The molecule has 1 rings (SSSR count). The van der Waals surface area contributed by atoms with E-state index < -0.39 is 0 Å². The molecule has 1 aromatic heterocycles. The van der Waals surface area contributed by atoms with Crippen LogP contribution in [0.4, 0.5) is 0 Å². The van der Waals surface area contributed by atoms with Crippen LogP contribution in [0.15, 0.2) is 12.7 Å². The van der Waals surface area contributed by atoms with Gasteiger partial charge in [-0.3, -0.25) is 0 Å². The lowest BCUT2D eigenvalue weighted by Gasteiger charge is -1.77. The fourth-order valence-corrected chi connectivity index (χ4v) is 0.581. The summed E-state index contributed by atoms with van der Waals surface area (Å²) in [4.78, 5) is 0. The summed E-state index contributed by atoms with van der Waals surface area (Å²) in [5, 5.41) is 4.01. The van der Waals surface area contributed by atoms with Gasteiger partial charge in [-0.05, 0) is 6.92 Å². The van der Waals surface area contributed by atoms with Crippen LogP contribution in [-0.2, 0) is 13.6 Å². The zero-order valence-electron chi connectivity index (χ0n) is 5.20. The molecule has 0 aromatic carbocycles. The average molecular weight is 112 g/mol. The van der Waals surface area contributed by atoms with E-state index in [0.717, 1.165) is 6.54 Å². The standard InChI is InChI=1S/C5H10N3/c1-3-8-5-7(2)4-6-8/h4-5H,3H2,1-2H3/q+1. The fraction of sp³-hybridized carbons (Fsp3) is 0.600. The first-order valence-corrected chi connectivity index (χ1v) is 2.70. The summed E-state index contributed by atoms with van der Waals surface area (Å²) in [7, 11) is 1.96. The highest BCUT2D eigenvalue weighted by atomic mass is 15.3. The SMILES string of the molecule is CCn1c[n+](C)cn1. The number of hydrogen-bond acceptors (Lipinski definition) is 1. The third kappa shape index (κ3) is 0.857. The van der Waals surface area contributed by atoms with Crippen LogP contribution in [0.2, 0.25) is 0 Å². The monoisotopic (exact) mass is 112 g/mol. The normalized spacial score (nSPS) is 9.75. The number of aryl methyl sites for hydroxylation is 2. The Morgan fingerprint density at radius 2 is 2.50 bits per heavy atom. The van der Waals surface area contributed by atoms with Gasteiger partial charge in [-0.1, -0.05) is 0 Å². The van der Waals surface area contributed by atoms with Crippen molar-refractivity contribution in [2.24, 2.45) is 7.05 Å². The smallest absolute Gasteiger partial charge is 0.240 e. The number of rotatable bonds is 1. The zero-order chi connectivity index (χ0) is 5.98. The van der Waals surface area contributed by atoms with Crippen LogP contribution in [0.3, 0.4) is 0 Å². The predicted octanol–water partition coefficient (Wildman–Crippen LogP) is -0.273. The second-order valence-electron chi connectivity index (χ2n) is 1.77. The van der Waals surface area contributed by atoms with Crippen LogP contribution in [0.1, 0.15) is 6.92 Å².